The monoisotopic (exact) mass is 361 g/mol. The lowest BCUT2D eigenvalue weighted by Gasteiger charge is -2.27. The number of hydrogen-bond acceptors (Lipinski definition) is 5. The van der Waals surface area contributed by atoms with Crippen molar-refractivity contribution >= 4 is 6.34 Å². The number of hydrogen-bond donors (Lipinski definition) is 1. The molecule has 2 aromatic carbocycles. The summed E-state index contributed by atoms with van der Waals surface area (Å²) in [7, 11) is 0. The van der Waals surface area contributed by atoms with E-state index in [2.05, 4.69) is 11.1 Å². The average molecular weight is 361 g/mol. The van der Waals surface area contributed by atoms with E-state index in [1.54, 1.807) is 24.5 Å². The molecule has 0 aromatic heterocycles. The molecule has 1 unspecified atom stereocenters. The first-order chi connectivity index (χ1) is 13.3. The Hall–Kier alpha value is -3.30. The second-order valence-electron chi connectivity index (χ2n) is 6.39. The van der Waals surface area contributed by atoms with Crippen LogP contribution in [0.4, 0.5) is 0 Å². The van der Waals surface area contributed by atoms with Crippen molar-refractivity contribution in [2.75, 3.05) is 26.3 Å². The van der Waals surface area contributed by atoms with Crippen LogP contribution in [0, 0.1) is 11.3 Å². The van der Waals surface area contributed by atoms with Crippen LogP contribution in [-0.4, -0.2) is 42.6 Å². The van der Waals surface area contributed by atoms with E-state index in [1.165, 1.54) is 0 Å². The summed E-state index contributed by atoms with van der Waals surface area (Å²) in [6, 6.07) is 17.0. The van der Waals surface area contributed by atoms with Crippen LogP contribution in [0.1, 0.15) is 17.0 Å². The number of allylic oxidation sites excluding steroid dienone is 1. The highest BCUT2D eigenvalue weighted by Crippen LogP contribution is 2.44. The van der Waals surface area contributed by atoms with Crippen molar-refractivity contribution in [3.8, 4) is 17.6 Å². The lowest BCUT2D eigenvalue weighted by Crippen LogP contribution is -2.35. The largest absolute Gasteiger partial charge is 0.508 e. The van der Waals surface area contributed by atoms with Gasteiger partial charge in [0.05, 0.1) is 25.5 Å². The molecule has 2 aliphatic rings. The summed E-state index contributed by atoms with van der Waals surface area (Å²) >= 11 is 0. The molecule has 6 heteroatoms. The molecule has 136 valence electrons. The Kier molecular flexibility index (Phi) is 4.77. The molecule has 27 heavy (non-hydrogen) atoms. The first-order valence-corrected chi connectivity index (χ1v) is 8.82. The molecule has 2 aliphatic heterocycles. The summed E-state index contributed by atoms with van der Waals surface area (Å²) in [5, 5.41) is 19.7. The molecule has 0 amide bonds. The second kappa shape index (κ2) is 7.52. The van der Waals surface area contributed by atoms with Gasteiger partial charge in [-0.25, -0.2) is 4.99 Å². The summed E-state index contributed by atoms with van der Waals surface area (Å²) in [5.74, 6) is 0.586. The van der Waals surface area contributed by atoms with E-state index in [-0.39, 0.29) is 17.6 Å². The number of phenols is 1. The Balaban J connectivity index is 1.78. The quantitative estimate of drug-likeness (QED) is 0.672. The Morgan fingerprint density at radius 3 is 2.67 bits per heavy atom. The van der Waals surface area contributed by atoms with Gasteiger partial charge in [0.2, 0.25) is 5.88 Å². The van der Waals surface area contributed by atoms with Crippen molar-refractivity contribution in [1.82, 2.24) is 4.90 Å². The molecule has 1 N–H and O–H groups in total. The number of aromatic hydroxyl groups is 1. The van der Waals surface area contributed by atoms with Crippen LogP contribution < -0.4 is 4.74 Å². The SMILES string of the molecule is N#CC1=C(N=CN2CCOCC2)Oc2cc(O)ccc2C1c1ccccc1. The average Bonchev–Trinajstić information content (AvgIpc) is 2.72. The zero-order valence-corrected chi connectivity index (χ0v) is 14.7. The van der Waals surface area contributed by atoms with E-state index >= 15 is 0 Å². The van der Waals surface area contributed by atoms with Gasteiger partial charge in [-0.2, -0.15) is 5.26 Å². The summed E-state index contributed by atoms with van der Waals surface area (Å²) < 4.78 is 11.2. The van der Waals surface area contributed by atoms with Crippen molar-refractivity contribution in [2.45, 2.75) is 5.92 Å². The first kappa shape index (κ1) is 17.1. The van der Waals surface area contributed by atoms with Gasteiger partial charge in [0.15, 0.2) is 0 Å². The summed E-state index contributed by atoms with van der Waals surface area (Å²) in [4.78, 5) is 6.49. The number of nitriles is 1. The number of aliphatic imine (C=N–C) groups is 1. The predicted octanol–water partition coefficient (Wildman–Crippen LogP) is 3.01. The minimum atomic E-state index is -0.294. The maximum absolute atomic E-state index is 9.87. The van der Waals surface area contributed by atoms with Gasteiger partial charge in [-0.3, -0.25) is 0 Å². The maximum atomic E-state index is 9.87. The zero-order chi connectivity index (χ0) is 18.6. The number of benzene rings is 2. The maximum Gasteiger partial charge on any atom is 0.235 e. The number of rotatable bonds is 3. The van der Waals surface area contributed by atoms with Gasteiger partial charge >= 0.3 is 0 Å². The molecule has 1 saturated heterocycles. The van der Waals surface area contributed by atoms with Crippen LogP contribution in [0.5, 0.6) is 11.5 Å². The molecule has 1 atom stereocenters. The minimum absolute atomic E-state index is 0.109. The third-order valence-corrected chi connectivity index (χ3v) is 4.67. The number of ether oxygens (including phenoxy) is 2. The Morgan fingerprint density at radius 2 is 1.93 bits per heavy atom. The molecule has 0 bridgehead atoms. The summed E-state index contributed by atoms with van der Waals surface area (Å²) in [6.07, 6.45) is 1.70. The fraction of sp³-hybridized carbons (Fsp3) is 0.238. The first-order valence-electron chi connectivity index (χ1n) is 8.82. The fourth-order valence-corrected chi connectivity index (χ4v) is 3.32. The highest BCUT2D eigenvalue weighted by Gasteiger charge is 2.31. The van der Waals surface area contributed by atoms with Crippen molar-refractivity contribution in [3.05, 3.63) is 71.1 Å². The van der Waals surface area contributed by atoms with Crippen LogP contribution in [-0.2, 0) is 4.74 Å². The lowest BCUT2D eigenvalue weighted by atomic mass is 9.83. The normalized spacial score (nSPS) is 19.5. The molecule has 0 aliphatic carbocycles. The van der Waals surface area contributed by atoms with E-state index in [9.17, 15) is 10.4 Å². The lowest BCUT2D eigenvalue weighted by molar-refractivity contribution is 0.0699. The molecule has 2 heterocycles. The second-order valence-corrected chi connectivity index (χ2v) is 6.39. The Bertz CT molecular complexity index is 925. The van der Waals surface area contributed by atoms with Gasteiger partial charge in [-0.15, -0.1) is 0 Å². The molecule has 0 radical (unpaired) electrons. The Morgan fingerprint density at radius 1 is 1.15 bits per heavy atom. The van der Waals surface area contributed by atoms with E-state index in [0.29, 0.717) is 24.5 Å². The van der Waals surface area contributed by atoms with Gasteiger partial charge in [0.25, 0.3) is 0 Å². The number of fused-ring (bicyclic) bond motifs is 1. The topological polar surface area (TPSA) is 78.1 Å². The van der Waals surface area contributed by atoms with Gasteiger partial charge in [-0.05, 0) is 11.6 Å². The molecule has 0 saturated carbocycles. The highest BCUT2D eigenvalue weighted by atomic mass is 16.5. The van der Waals surface area contributed by atoms with E-state index in [0.717, 1.165) is 24.2 Å². The third-order valence-electron chi connectivity index (χ3n) is 4.67. The molecule has 6 nitrogen and oxygen atoms in total. The van der Waals surface area contributed by atoms with Crippen LogP contribution in [0.15, 0.2) is 65.0 Å². The predicted molar refractivity (Wildman–Crippen MR) is 101 cm³/mol. The van der Waals surface area contributed by atoms with Crippen LogP contribution in [0.3, 0.4) is 0 Å². The zero-order valence-electron chi connectivity index (χ0n) is 14.7. The van der Waals surface area contributed by atoms with E-state index in [1.807, 2.05) is 35.2 Å². The van der Waals surface area contributed by atoms with Crippen molar-refractivity contribution in [1.29, 1.82) is 5.26 Å². The number of phenolic OH excluding ortho intramolecular Hbond substituents is 1. The molecule has 0 spiro atoms. The minimum Gasteiger partial charge on any atom is -0.508 e. The standard InChI is InChI=1S/C21H19N3O3/c22-13-18-20(15-4-2-1-3-5-15)17-7-6-16(25)12-19(17)27-21(18)23-14-24-8-10-26-11-9-24/h1-7,12,14,20,25H,8-11H2. The van der Waals surface area contributed by atoms with Crippen molar-refractivity contribution in [2.24, 2.45) is 4.99 Å². The molecular weight excluding hydrogens is 342 g/mol. The highest BCUT2D eigenvalue weighted by molar-refractivity contribution is 5.61. The van der Waals surface area contributed by atoms with Crippen LogP contribution in [0.2, 0.25) is 0 Å². The van der Waals surface area contributed by atoms with Gasteiger partial charge in [0.1, 0.15) is 23.1 Å². The third kappa shape index (κ3) is 3.50. The summed E-state index contributed by atoms with van der Waals surface area (Å²) in [6.45, 7) is 2.80. The fourth-order valence-electron chi connectivity index (χ4n) is 3.32. The van der Waals surface area contributed by atoms with Crippen molar-refractivity contribution in [3.63, 3.8) is 0 Å². The molecular formula is C21H19N3O3. The van der Waals surface area contributed by atoms with Gasteiger partial charge < -0.3 is 19.5 Å². The van der Waals surface area contributed by atoms with Crippen LogP contribution >= 0.6 is 0 Å². The van der Waals surface area contributed by atoms with E-state index < -0.39 is 0 Å². The smallest absolute Gasteiger partial charge is 0.235 e. The van der Waals surface area contributed by atoms with Crippen molar-refractivity contribution < 1.29 is 14.6 Å². The van der Waals surface area contributed by atoms with Gasteiger partial charge in [-0.1, -0.05) is 36.4 Å². The van der Waals surface area contributed by atoms with Gasteiger partial charge in [0, 0.05) is 24.7 Å². The number of morpholine rings is 1. The van der Waals surface area contributed by atoms with E-state index in [4.69, 9.17) is 9.47 Å². The Labute approximate surface area is 157 Å². The molecule has 1 fully saturated rings. The summed E-state index contributed by atoms with van der Waals surface area (Å²) in [5.41, 5.74) is 2.26. The molecule has 4 rings (SSSR count). The van der Waals surface area contributed by atoms with Crippen LogP contribution in [0.25, 0.3) is 0 Å². The number of nitrogens with zero attached hydrogens (tertiary/aromatic N) is 3. The molecule has 2 aromatic rings.